The van der Waals surface area contributed by atoms with Crippen molar-refractivity contribution in [2.75, 3.05) is 33.2 Å². The van der Waals surface area contributed by atoms with Crippen LogP contribution >= 0.6 is 0 Å². The van der Waals surface area contributed by atoms with Crippen LogP contribution in [0.1, 0.15) is 57.1 Å². The first-order valence-corrected chi connectivity index (χ1v) is 11.6. The number of aryl methyl sites for hydroxylation is 1. The zero-order chi connectivity index (χ0) is 25.3. The number of carbonyl (C=O) groups is 4. The highest BCUT2D eigenvalue weighted by atomic mass is 16.3. The fourth-order valence-corrected chi connectivity index (χ4v) is 4.46. The molecule has 3 heterocycles. The summed E-state index contributed by atoms with van der Waals surface area (Å²) < 4.78 is 1.36. The summed E-state index contributed by atoms with van der Waals surface area (Å²) in [5, 5.41) is 17.3. The molecule has 0 spiro atoms. The van der Waals surface area contributed by atoms with E-state index in [2.05, 4.69) is 15.4 Å². The molecule has 34 heavy (non-hydrogen) atoms. The summed E-state index contributed by atoms with van der Waals surface area (Å²) in [7, 11) is 3.08. The summed E-state index contributed by atoms with van der Waals surface area (Å²) in [4.78, 5) is 60.4. The number of rotatable bonds is 7. The molecule has 2 saturated heterocycles. The molecule has 0 aromatic carbocycles. The van der Waals surface area contributed by atoms with Crippen LogP contribution < -0.4 is 5.32 Å². The Morgan fingerprint density at radius 1 is 1.15 bits per heavy atom. The van der Waals surface area contributed by atoms with Gasteiger partial charge in [0.05, 0.1) is 12.1 Å². The van der Waals surface area contributed by atoms with E-state index in [0.717, 1.165) is 12.8 Å². The summed E-state index contributed by atoms with van der Waals surface area (Å²) in [5.74, 6) is -1.55. The van der Waals surface area contributed by atoms with Crippen molar-refractivity contribution in [2.45, 2.75) is 63.6 Å². The molecule has 1 aromatic heterocycles. The van der Waals surface area contributed by atoms with Gasteiger partial charge < -0.3 is 25.1 Å². The maximum atomic E-state index is 13.1. The Hall–Kier alpha value is -3.02. The highest BCUT2D eigenvalue weighted by molar-refractivity contribution is 5.97. The van der Waals surface area contributed by atoms with Gasteiger partial charge in [0.25, 0.3) is 11.8 Å². The van der Waals surface area contributed by atoms with Crippen molar-refractivity contribution in [1.82, 2.24) is 34.8 Å². The fourth-order valence-electron chi connectivity index (χ4n) is 4.46. The van der Waals surface area contributed by atoms with Gasteiger partial charge in [0.1, 0.15) is 17.9 Å². The van der Waals surface area contributed by atoms with E-state index in [1.165, 1.54) is 48.6 Å². The molecule has 1 aromatic rings. The molecule has 2 unspecified atom stereocenters. The van der Waals surface area contributed by atoms with Gasteiger partial charge in [-0.25, -0.2) is 9.67 Å². The van der Waals surface area contributed by atoms with Crippen LogP contribution in [0.15, 0.2) is 6.33 Å². The lowest BCUT2D eigenvalue weighted by Gasteiger charge is -2.42. The molecule has 2 fully saturated rings. The van der Waals surface area contributed by atoms with E-state index in [9.17, 15) is 24.3 Å². The Balaban J connectivity index is 1.67. The number of amides is 4. The van der Waals surface area contributed by atoms with Crippen molar-refractivity contribution in [1.29, 1.82) is 0 Å². The van der Waals surface area contributed by atoms with Gasteiger partial charge in [-0.05, 0) is 46.5 Å². The van der Waals surface area contributed by atoms with E-state index < -0.39 is 23.1 Å². The van der Waals surface area contributed by atoms with Crippen LogP contribution in [0.25, 0.3) is 0 Å². The van der Waals surface area contributed by atoms with Crippen molar-refractivity contribution in [2.24, 2.45) is 7.05 Å². The predicted octanol–water partition coefficient (Wildman–Crippen LogP) is -0.854. The number of carbonyl (C=O) groups excluding carboxylic acids is 4. The quantitative estimate of drug-likeness (QED) is 0.521. The Bertz CT molecular complexity index is 950. The van der Waals surface area contributed by atoms with Crippen LogP contribution in [0.5, 0.6) is 0 Å². The lowest BCUT2D eigenvalue weighted by atomic mass is 9.82. The zero-order valence-electron chi connectivity index (χ0n) is 20.6. The summed E-state index contributed by atoms with van der Waals surface area (Å²) in [6.45, 7) is 5.70. The van der Waals surface area contributed by atoms with Gasteiger partial charge in [0, 0.05) is 33.7 Å². The molecule has 2 N–H and O–H groups in total. The molecule has 2 atom stereocenters. The van der Waals surface area contributed by atoms with E-state index in [1.54, 1.807) is 11.9 Å². The number of nitrogens with one attached hydrogen (secondary N) is 1. The number of aliphatic hydroxyl groups is 1. The first-order chi connectivity index (χ1) is 15.9. The van der Waals surface area contributed by atoms with Gasteiger partial charge in [0.2, 0.25) is 17.6 Å². The van der Waals surface area contributed by atoms with E-state index in [1.807, 2.05) is 0 Å². The molecule has 4 amide bonds. The van der Waals surface area contributed by atoms with Gasteiger partial charge in [0.15, 0.2) is 0 Å². The SMILES string of the molecule is CN(CC(=O)NC(C)(C(=O)N1CCCC1)C(C)(C)O)C(=O)C1CCCN1C(=O)c1ncnn1C. The van der Waals surface area contributed by atoms with Crippen LogP contribution in [-0.2, 0) is 21.4 Å². The van der Waals surface area contributed by atoms with Crippen molar-refractivity contribution >= 4 is 23.6 Å². The van der Waals surface area contributed by atoms with Crippen LogP contribution in [-0.4, -0.2) is 109 Å². The Labute approximate surface area is 199 Å². The van der Waals surface area contributed by atoms with Crippen LogP contribution in [0, 0.1) is 0 Å². The van der Waals surface area contributed by atoms with Gasteiger partial charge in [-0.2, -0.15) is 5.10 Å². The lowest BCUT2D eigenvalue weighted by Crippen LogP contribution is -2.68. The normalized spacial score (nSPS) is 20.2. The number of aromatic nitrogens is 3. The first kappa shape index (κ1) is 25.6. The van der Waals surface area contributed by atoms with Gasteiger partial charge >= 0.3 is 0 Å². The van der Waals surface area contributed by atoms with Gasteiger partial charge in [-0.3, -0.25) is 19.2 Å². The number of nitrogens with zero attached hydrogens (tertiary/aromatic N) is 6. The Morgan fingerprint density at radius 2 is 1.79 bits per heavy atom. The van der Waals surface area contributed by atoms with Crippen LogP contribution in [0.2, 0.25) is 0 Å². The third-order valence-corrected chi connectivity index (χ3v) is 6.89. The molecular weight excluding hydrogens is 442 g/mol. The second kappa shape index (κ2) is 9.69. The smallest absolute Gasteiger partial charge is 0.292 e. The fraction of sp³-hybridized carbons (Fsp3) is 0.727. The third-order valence-electron chi connectivity index (χ3n) is 6.89. The summed E-state index contributed by atoms with van der Waals surface area (Å²) in [5.41, 5.74) is -3.09. The topological polar surface area (TPSA) is 141 Å². The molecule has 2 aliphatic heterocycles. The Morgan fingerprint density at radius 3 is 2.35 bits per heavy atom. The number of hydrogen-bond acceptors (Lipinski definition) is 7. The van der Waals surface area contributed by atoms with E-state index in [0.29, 0.717) is 32.5 Å². The Kier molecular flexibility index (Phi) is 7.29. The van der Waals surface area contributed by atoms with Crippen molar-refractivity contribution in [3.8, 4) is 0 Å². The lowest BCUT2D eigenvalue weighted by molar-refractivity contribution is -0.151. The highest BCUT2D eigenvalue weighted by Crippen LogP contribution is 2.26. The maximum absolute atomic E-state index is 13.1. The van der Waals surface area contributed by atoms with Gasteiger partial charge in [-0.15, -0.1) is 0 Å². The zero-order valence-corrected chi connectivity index (χ0v) is 20.6. The highest BCUT2D eigenvalue weighted by Gasteiger charge is 2.50. The molecule has 2 aliphatic rings. The van der Waals surface area contributed by atoms with Crippen LogP contribution in [0.3, 0.4) is 0 Å². The predicted molar refractivity (Wildman–Crippen MR) is 121 cm³/mol. The molecule has 188 valence electrons. The molecule has 0 aliphatic carbocycles. The van der Waals surface area contributed by atoms with Gasteiger partial charge in [-0.1, -0.05) is 0 Å². The molecule has 3 rings (SSSR count). The summed E-state index contributed by atoms with van der Waals surface area (Å²) in [6.07, 6.45) is 4.16. The van der Waals surface area contributed by atoms with Crippen molar-refractivity contribution in [3.63, 3.8) is 0 Å². The minimum atomic E-state index is -1.56. The molecule has 0 saturated carbocycles. The van der Waals surface area contributed by atoms with E-state index in [4.69, 9.17) is 0 Å². The minimum Gasteiger partial charge on any atom is -0.387 e. The second-order valence-corrected chi connectivity index (χ2v) is 9.79. The van der Waals surface area contributed by atoms with Crippen molar-refractivity contribution < 1.29 is 24.3 Å². The number of hydrogen-bond donors (Lipinski definition) is 2. The largest absolute Gasteiger partial charge is 0.387 e. The second-order valence-electron chi connectivity index (χ2n) is 9.79. The molecule has 0 bridgehead atoms. The first-order valence-electron chi connectivity index (χ1n) is 11.6. The summed E-state index contributed by atoms with van der Waals surface area (Å²) >= 11 is 0. The number of likely N-dealkylation sites (N-methyl/N-ethyl adjacent to an activating group) is 1. The molecule has 12 heteroatoms. The molecule has 0 radical (unpaired) electrons. The van der Waals surface area contributed by atoms with Crippen molar-refractivity contribution in [3.05, 3.63) is 12.2 Å². The van der Waals surface area contributed by atoms with Crippen LogP contribution in [0.4, 0.5) is 0 Å². The average molecular weight is 478 g/mol. The minimum absolute atomic E-state index is 0.140. The van der Waals surface area contributed by atoms with E-state index in [-0.39, 0.29) is 30.1 Å². The average Bonchev–Trinajstić information content (AvgIpc) is 3.52. The molecule has 12 nitrogen and oxygen atoms in total. The third kappa shape index (κ3) is 4.91. The van der Waals surface area contributed by atoms with E-state index >= 15 is 0 Å². The standard InChI is InChI=1S/C22H35N7O5/c1-21(2,34)22(3,20(33)28-10-6-7-11-28)25-16(30)13-26(4)18(31)15-9-8-12-29(15)19(32)17-23-14-24-27(17)5/h14-15,34H,6-13H2,1-5H3,(H,25,30). The monoisotopic (exact) mass is 477 g/mol. The maximum Gasteiger partial charge on any atom is 0.292 e. The number of likely N-dealkylation sites (tertiary alicyclic amines) is 2. The molecular formula is C22H35N7O5. The summed E-state index contributed by atoms with van der Waals surface area (Å²) in [6, 6.07) is -0.714.